The molecule has 1 heterocycles. The van der Waals surface area contributed by atoms with Crippen LogP contribution in [0.2, 0.25) is 5.02 Å². The van der Waals surface area contributed by atoms with E-state index in [4.69, 9.17) is 16.3 Å². The van der Waals surface area contributed by atoms with Gasteiger partial charge in [-0.05, 0) is 42.7 Å². The van der Waals surface area contributed by atoms with E-state index in [1.807, 2.05) is 0 Å². The van der Waals surface area contributed by atoms with Crippen LogP contribution in [0, 0.1) is 5.92 Å². The van der Waals surface area contributed by atoms with Crippen molar-refractivity contribution in [3.63, 3.8) is 0 Å². The van der Waals surface area contributed by atoms with Crippen LogP contribution in [0.5, 0.6) is 11.5 Å². The smallest absolute Gasteiger partial charge is 0.143 e. The summed E-state index contributed by atoms with van der Waals surface area (Å²) in [7, 11) is 0. The fourth-order valence-corrected chi connectivity index (χ4v) is 3.03. The number of halogens is 1. The number of nitrogens with zero attached hydrogens (tertiary/aromatic N) is 3. The fraction of sp³-hybridized carbons (Fsp3) is 0.400. The van der Waals surface area contributed by atoms with Crippen molar-refractivity contribution < 1.29 is 9.84 Å². The van der Waals surface area contributed by atoms with Crippen molar-refractivity contribution in [2.45, 2.75) is 39.5 Å². The molecule has 3 rings (SSSR count). The van der Waals surface area contributed by atoms with Gasteiger partial charge in [0.15, 0.2) is 0 Å². The standard InChI is InChI=1S/C20H24ClN3O2/c1-3-5-6-14(4-2)13-26-16-8-10-20(25)19(12-16)24-22-17-9-7-15(21)11-18(17)23-24/h7-12,14,25H,3-6,13H2,1-2H3. The zero-order valence-corrected chi connectivity index (χ0v) is 15.9. The lowest BCUT2D eigenvalue weighted by Crippen LogP contribution is -2.11. The van der Waals surface area contributed by atoms with E-state index < -0.39 is 0 Å². The van der Waals surface area contributed by atoms with Crippen LogP contribution in [0.25, 0.3) is 16.7 Å². The molecule has 0 fully saturated rings. The van der Waals surface area contributed by atoms with Crippen LogP contribution in [0.15, 0.2) is 36.4 Å². The van der Waals surface area contributed by atoms with Crippen LogP contribution < -0.4 is 4.74 Å². The normalized spacial score (nSPS) is 12.4. The van der Waals surface area contributed by atoms with Gasteiger partial charge in [0.25, 0.3) is 0 Å². The minimum atomic E-state index is 0.0989. The summed E-state index contributed by atoms with van der Waals surface area (Å²) in [5.41, 5.74) is 1.87. The Kier molecular flexibility index (Phi) is 5.99. The molecular weight excluding hydrogens is 350 g/mol. The molecule has 0 spiro atoms. The molecule has 138 valence electrons. The zero-order valence-electron chi connectivity index (χ0n) is 15.2. The number of unbranched alkanes of at least 4 members (excludes halogenated alkanes) is 1. The lowest BCUT2D eigenvalue weighted by Gasteiger charge is -2.16. The molecule has 26 heavy (non-hydrogen) atoms. The Labute approximate surface area is 158 Å². The maximum absolute atomic E-state index is 10.2. The van der Waals surface area contributed by atoms with Crippen LogP contribution in [-0.4, -0.2) is 26.7 Å². The molecule has 0 aliphatic rings. The summed E-state index contributed by atoms with van der Waals surface area (Å²) in [6.45, 7) is 5.06. The number of hydrogen-bond donors (Lipinski definition) is 1. The van der Waals surface area contributed by atoms with Crippen molar-refractivity contribution >= 4 is 22.6 Å². The van der Waals surface area contributed by atoms with Gasteiger partial charge in [-0.2, -0.15) is 0 Å². The molecule has 0 amide bonds. The minimum Gasteiger partial charge on any atom is -0.506 e. The minimum absolute atomic E-state index is 0.0989. The molecule has 6 heteroatoms. The van der Waals surface area contributed by atoms with Crippen molar-refractivity contribution in [2.24, 2.45) is 5.92 Å². The molecule has 5 nitrogen and oxygen atoms in total. The molecule has 3 aromatic rings. The van der Waals surface area contributed by atoms with Gasteiger partial charge in [0.05, 0.1) is 6.61 Å². The van der Waals surface area contributed by atoms with E-state index in [2.05, 4.69) is 24.0 Å². The summed E-state index contributed by atoms with van der Waals surface area (Å²) in [6.07, 6.45) is 4.68. The quantitative estimate of drug-likeness (QED) is 0.576. The van der Waals surface area contributed by atoms with E-state index in [-0.39, 0.29) is 5.75 Å². The van der Waals surface area contributed by atoms with Crippen molar-refractivity contribution in [1.82, 2.24) is 15.0 Å². The first-order valence-electron chi connectivity index (χ1n) is 9.09. The topological polar surface area (TPSA) is 60.2 Å². The molecule has 1 atom stereocenters. The first-order valence-corrected chi connectivity index (χ1v) is 9.47. The lowest BCUT2D eigenvalue weighted by atomic mass is 10.0. The van der Waals surface area contributed by atoms with Gasteiger partial charge in [-0.1, -0.05) is 44.7 Å². The second kappa shape index (κ2) is 8.41. The van der Waals surface area contributed by atoms with Gasteiger partial charge in [0.1, 0.15) is 28.2 Å². The molecule has 0 bridgehead atoms. The fourth-order valence-electron chi connectivity index (χ4n) is 2.86. The third-order valence-electron chi connectivity index (χ3n) is 4.53. The number of aromatic nitrogens is 3. The lowest BCUT2D eigenvalue weighted by molar-refractivity contribution is 0.233. The Hall–Kier alpha value is -2.27. The molecule has 1 unspecified atom stereocenters. The van der Waals surface area contributed by atoms with Gasteiger partial charge < -0.3 is 9.84 Å². The highest BCUT2D eigenvalue weighted by molar-refractivity contribution is 6.31. The Morgan fingerprint density at radius 2 is 1.92 bits per heavy atom. The number of phenols is 1. The molecule has 0 aliphatic heterocycles. The first-order chi connectivity index (χ1) is 12.6. The average molecular weight is 374 g/mol. The van der Waals surface area contributed by atoms with Crippen molar-refractivity contribution in [1.29, 1.82) is 0 Å². The third kappa shape index (κ3) is 4.28. The SMILES string of the molecule is CCCCC(CC)COc1ccc(O)c(-n2nc3ccc(Cl)cc3n2)c1. The van der Waals surface area contributed by atoms with E-state index in [0.29, 0.717) is 40.0 Å². The van der Waals surface area contributed by atoms with E-state index in [0.717, 1.165) is 6.42 Å². The maximum atomic E-state index is 10.2. The number of fused-ring (bicyclic) bond motifs is 1. The van der Waals surface area contributed by atoms with Gasteiger partial charge in [-0.25, -0.2) is 0 Å². The largest absolute Gasteiger partial charge is 0.506 e. The van der Waals surface area contributed by atoms with Crippen molar-refractivity contribution in [3.8, 4) is 17.2 Å². The van der Waals surface area contributed by atoms with Crippen LogP contribution in [0.1, 0.15) is 39.5 Å². The highest BCUT2D eigenvalue weighted by Crippen LogP contribution is 2.28. The Morgan fingerprint density at radius 1 is 1.12 bits per heavy atom. The third-order valence-corrected chi connectivity index (χ3v) is 4.77. The predicted octanol–water partition coefficient (Wildman–Crippen LogP) is 5.37. The van der Waals surface area contributed by atoms with Crippen molar-refractivity contribution in [3.05, 3.63) is 41.4 Å². The van der Waals surface area contributed by atoms with Gasteiger partial charge >= 0.3 is 0 Å². The van der Waals surface area contributed by atoms with E-state index in [1.165, 1.54) is 24.1 Å². The molecular formula is C20H24ClN3O2. The van der Waals surface area contributed by atoms with Gasteiger partial charge in [-0.15, -0.1) is 15.0 Å². The molecule has 0 saturated heterocycles. The van der Waals surface area contributed by atoms with E-state index in [1.54, 1.807) is 36.4 Å². The zero-order chi connectivity index (χ0) is 18.5. The number of benzene rings is 2. The number of phenolic OH excluding ortho intramolecular Hbond substituents is 1. The predicted molar refractivity (Wildman–Crippen MR) is 104 cm³/mol. The second-order valence-electron chi connectivity index (χ2n) is 6.50. The average Bonchev–Trinajstić information content (AvgIpc) is 3.06. The summed E-state index contributed by atoms with van der Waals surface area (Å²) in [5, 5.41) is 19.6. The van der Waals surface area contributed by atoms with Gasteiger partial charge in [0, 0.05) is 11.1 Å². The van der Waals surface area contributed by atoms with Crippen LogP contribution in [0.4, 0.5) is 0 Å². The first kappa shape index (κ1) is 18.5. The van der Waals surface area contributed by atoms with Gasteiger partial charge in [0.2, 0.25) is 0 Å². The van der Waals surface area contributed by atoms with Crippen molar-refractivity contribution in [2.75, 3.05) is 6.61 Å². The number of rotatable bonds is 8. The van der Waals surface area contributed by atoms with E-state index in [9.17, 15) is 5.11 Å². The monoisotopic (exact) mass is 373 g/mol. The number of aromatic hydroxyl groups is 1. The Bertz CT molecular complexity index is 879. The highest BCUT2D eigenvalue weighted by atomic mass is 35.5. The second-order valence-corrected chi connectivity index (χ2v) is 6.94. The van der Waals surface area contributed by atoms with Crippen LogP contribution >= 0.6 is 11.6 Å². The molecule has 2 aromatic carbocycles. The molecule has 1 N–H and O–H groups in total. The number of hydrogen-bond acceptors (Lipinski definition) is 4. The Balaban J connectivity index is 1.80. The maximum Gasteiger partial charge on any atom is 0.143 e. The highest BCUT2D eigenvalue weighted by Gasteiger charge is 2.12. The van der Waals surface area contributed by atoms with E-state index >= 15 is 0 Å². The molecule has 0 saturated carbocycles. The summed E-state index contributed by atoms with van der Waals surface area (Å²) < 4.78 is 5.97. The summed E-state index contributed by atoms with van der Waals surface area (Å²) in [4.78, 5) is 1.41. The summed E-state index contributed by atoms with van der Waals surface area (Å²) in [5.74, 6) is 1.34. The molecule has 1 aromatic heterocycles. The number of ether oxygens (including phenoxy) is 1. The molecule has 0 radical (unpaired) electrons. The summed E-state index contributed by atoms with van der Waals surface area (Å²) >= 11 is 6.00. The summed E-state index contributed by atoms with van der Waals surface area (Å²) in [6, 6.07) is 10.5. The molecule has 0 aliphatic carbocycles. The van der Waals surface area contributed by atoms with Crippen LogP contribution in [-0.2, 0) is 0 Å². The Morgan fingerprint density at radius 3 is 2.69 bits per heavy atom. The van der Waals surface area contributed by atoms with Gasteiger partial charge in [-0.3, -0.25) is 0 Å². The van der Waals surface area contributed by atoms with Crippen LogP contribution in [0.3, 0.4) is 0 Å².